The van der Waals surface area contributed by atoms with Crippen LogP contribution in [-0.2, 0) is 17.8 Å². The zero-order valence-electron chi connectivity index (χ0n) is 13.6. The quantitative estimate of drug-likeness (QED) is 0.629. The van der Waals surface area contributed by atoms with Crippen LogP contribution in [0, 0.1) is 13.8 Å². The molecule has 1 amide bonds. The van der Waals surface area contributed by atoms with Gasteiger partial charge in [-0.15, -0.1) is 0 Å². The van der Waals surface area contributed by atoms with Crippen LogP contribution in [0.1, 0.15) is 29.3 Å². The molecule has 0 atom stereocenters. The molecule has 0 fully saturated rings. The van der Waals surface area contributed by atoms with E-state index in [9.17, 15) is 9.59 Å². The molecular formula is C17H21N3O2S. The lowest BCUT2D eigenvalue weighted by Gasteiger charge is -2.07. The smallest absolute Gasteiger partial charge is 0.254 e. The highest BCUT2D eigenvalue weighted by atomic mass is 32.2. The molecular weight excluding hydrogens is 310 g/mol. The summed E-state index contributed by atoms with van der Waals surface area (Å²) in [4.78, 5) is 30.8. The van der Waals surface area contributed by atoms with Crippen LogP contribution in [0.25, 0.3) is 0 Å². The van der Waals surface area contributed by atoms with E-state index in [4.69, 9.17) is 0 Å². The Kier molecular flexibility index (Phi) is 5.98. The molecule has 0 saturated heterocycles. The van der Waals surface area contributed by atoms with Gasteiger partial charge in [-0.05, 0) is 25.8 Å². The Hall–Kier alpha value is -2.08. The van der Waals surface area contributed by atoms with Gasteiger partial charge in [-0.2, -0.15) is 0 Å². The summed E-state index contributed by atoms with van der Waals surface area (Å²) in [6.45, 7) is 6.26. The van der Waals surface area contributed by atoms with Gasteiger partial charge in [-0.25, -0.2) is 4.98 Å². The Morgan fingerprint density at radius 2 is 1.96 bits per heavy atom. The molecule has 0 radical (unpaired) electrons. The first-order valence-corrected chi connectivity index (χ1v) is 8.53. The number of amides is 1. The van der Waals surface area contributed by atoms with Crippen LogP contribution in [0.5, 0.6) is 0 Å². The summed E-state index contributed by atoms with van der Waals surface area (Å²) >= 11 is 1.23. The topological polar surface area (TPSA) is 74.8 Å². The lowest BCUT2D eigenvalue weighted by Crippen LogP contribution is -2.25. The lowest BCUT2D eigenvalue weighted by molar-refractivity contribution is -0.118. The molecule has 1 heterocycles. The molecule has 0 aliphatic rings. The minimum Gasteiger partial charge on any atom is -0.351 e. The molecule has 1 aromatic heterocycles. The summed E-state index contributed by atoms with van der Waals surface area (Å²) < 4.78 is 0. The van der Waals surface area contributed by atoms with Gasteiger partial charge in [0.1, 0.15) is 0 Å². The van der Waals surface area contributed by atoms with Crippen molar-refractivity contribution < 1.29 is 4.79 Å². The zero-order valence-corrected chi connectivity index (χ0v) is 14.4. The summed E-state index contributed by atoms with van der Waals surface area (Å²) in [5, 5.41) is 3.34. The van der Waals surface area contributed by atoms with Crippen LogP contribution in [-0.4, -0.2) is 21.6 Å². The molecule has 0 bridgehead atoms. The predicted molar refractivity (Wildman–Crippen MR) is 92.7 cm³/mol. The maximum absolute atomic E-state index is 11.9. The first-order valence-electron chi connectivity index (χ1n) is 7.54. The summed E-state index contributed by atoms with van der Waals surface area (Å²) in [5.41, 5.74) is 3.54. The summed E-state index contributed by atoms with van der Waals surface area (Å²) in [6, 6.07) is 8.02. The average Bonchev–Trinajstić information content (AvgIpc) is 2.52. The van der Waals surface area contributed by atoms with E-state index in [0.717, 1.165) is 11.3 Å². The number of hydrogen-bond acceptors (Lipinski definition) is 4. The van der Waals surface area contributed by atoms with E-state index in [2.05, 4.69) is 15.3 Å². The van der Waals surface area contributed by atoms with E-state index in [1.807, 2.05) is 45.0 Å². The number of aryl methyl sites for hydroxylation is 2. The van der Waals surface area contributed by atoms with Crippen LogP contribution in [0.15, 0.2) is 34.2 Å². The highest BCUT2D eigenvalue weighted by Crippen LogP contribution is 2.12. The van der Waals surface area contributed by atoms with Gasteiger partial charge >= 0.3 is 0 Å². The van der Waals surface area contributed by atoms with Crippen molar-refractivity contribution >= 4 is 17.7 Å². The molecule has 23 heavy (non-hydrogen) atoms. The normalized spacial score (nSPS) is 10.6. The molecule has 2 N–H and O–H groups in total. The van der Waals surface area contributed by atoms with E-state index >= 15 is 0 Å². The van der Waals surface area contributed by atoms with E-state index in [1.165, 1.54) is 17.3 Å². The van der Waals surface area contributed by atoms with Gasteiger partial charge < -0.3 is 10.3 Å². The van der Waals surface area contributed by atoms with Gasteiger partial charge in [0.2, 0.25) is 5.91 Å². The van der Waals surface area contributed by atoms with Crippen LogP contribution in [0.3, 0.4) is 0 Å². The average molecular weight is 331 g/mol. The minimum atomic E-state index is -0.123. The number of thioether (sulfide) groups is 1. The number of benzene rings is 1. The molecule has 0 unspecified atom stereocenters. The zero-order chi connectivity index (χ0) is 16.8. The third-order valence-electron chi connectivity index (χ3n) is 3.50. The Bertz CT molecular complexity index is 738. The summed E-state index contributed by atoms with van der Waals surface area (Å²) in [7, 11) is 0. The predicted octanol–water partition coefficient (Wildman–Crippen LogP) is 2.36. The van der Waals surface area contributed by atoms with Crippen LogP contribution in [0.2, 0.25) is 0 Å². The maximum atomic E-state index is 11.9. The van der Waals surface area contributed by atoms with Crippen molar-refractivity contribution in [3.05, 3.63) is 57.0 Å². The Balaban J connectivity index is 1.87. The Morgan fingerprint density at radius 1 is 1.26 bits per heavy atom. The second kappa shape index (κ2) is 7.97. The van der Waals surface area contributed by atoms with Gasteiger partial charge in [0.15, 0.2) is 5.16 Å². The third-order valence-corrected chi connectivity index (χ3v) is 4.38. The molecule has 122 valence electrons. The molecule has 1 aromatic carbocycles. The van der Waals surface area contributed by atoms with Crippen molar-refractivity contribution in [3.63, 3.8) is 0 Å². The second-order valence-electron chi connectivity index (χ2n) is 5.34. The molecule has 0 saturated carbocycles. The van der Waals surface area contributed by atoms with Crippen LogP contribution < -0.4 is 10.9 Å². The van der Waals surface area contributed by atoms with Crippen LogP contribution in [0.4, 0.5) is 0 Å². The summed E-state index contributed by atoms with van der Waals surface area (Å²) in [6.07, 6.45) is 0.649. The van der Waals surface area contributed by atoms with Gasteiger partial charge in [0.05, 0.1) is 5.75 Å². The molecule has 0 aliphatic heterocycles. The molecule has 6 heteroatoms. The standard InChI is InChI=1S/C17H21N3O2S/c1-4-14-12(3)19-17(20-16(14)22)23-10-15(21)18-9-13-7-5-11(2)6-8-13/h5-8H,4,9-10H2,1-3H3,(H,18,21)(H,19,20,22). The Labute approximate surface area is 139 Å². The van der Waals surface area contributed by atoms with Crippen molar-refractivity contribution in [2.45, 2.75) is 38.9 Å². The number of aromatic amines is 1. The molecule has 0 spiro atoms. The molecule has 5 nitrogen and oxygen atoms in total. The fourth-order valence-electron chi connectivity index (χ4n) is 2.16. The maximum Gasteiger partial charge on any atom is 0.254 e. The number of H-pyrrole nitrogens is 1. The second-order valence-corrected chi connectivity index (χ2v) is 6.30. The SMILES string of the molecule is CCc1c(C)nc(SCC(=O)NCc2ccc(C)cc2)[nH]c1=O. The van der Waals surface area contributed by atoms with E-state index in [0.29, 0.717) is 23.7 Å². The summed E-state index contributed by atoms with van der Waals surface area (Å²) in [5.74, 6) is 0.134. The van der Waals surface area contributed by atoms with Crippen LogP contribution >= 0.6 is 11.8 Å². The number of carbonyl (C=O) groups is 1. The van der Waals surface area contributed by atoms with Gasteiger partial charge in [0.25, 0.3) is 5.56 Å². The number of nitrogens with zero attached hydrogens (tertiary/aromatic N) is 1. The number of hydrogen-bond donors (Lipinski definition) is 2. The number of nitrogens with one attached hydrogen (secondary N) is 2. The first kappa shape index (κ1) is 17.3. The van der Waals surface area contributed by atoms with Gasteiger partial charge in [-0.1, -0.05) is 48.5 Å². The third kappa shape index (κ3) is 4.96. The lowest BCUT2D eigenvalue weighted by atomic mass is 10.1. The van der Waals surface area contributed by atoms with E-state index in [-0.39, 0.29) is 17.2 Å². The minimum absolute atomic E-state index is 0.0876. The largest absolute Gasteiger partial charge is 0.351 e. The van der Waals surface area contributed by atoms with Gasteiger partial charge in [-0.3, -0.25) is 9.59 Å². The van der Waals surface area contributed by atoms with Crippen molar-refractivity contribution in [1.82, 2.24) is 15.3 Å². The monoisotopic (exact) mass is 331 g/mol. The molecule has 2 aromatic rings. The highest BCUT2D eigenvalue weighted by Gasteiger charge is 2.09. The fourth-order valence-corrected chi connectivity index (χ4v) is 2.90. The van der Waals surface area contributed by atoms with Crippen molar-refractivity contribution in [2.24, 2.45) is 0 Å². The van der Waals surface area contributed by atoms with Crippen molar-refractivity contribution in [1.29, 1.82) is 0 Å². The number of aromatic nitrogens is 2. The van der Waals surface area contributed by atoms with Gasteiger partial charge in [0, 0.05) is 17.8 Å². The van der Waals surface area contributed by atoms with Crippen molar-refractivity contribution in [2.75, 3.05) is 5.75 Å². The van der Waals surface area contributed by atoms with Crippen molar-refractivity contribution in [3.8, 4) is 0 Å². The molecule has 2 rings (SSSR count). The molecule has 0 aliphatic carbocycles. The van der Waals surface area contributed by atoms with E-state index in [1.54, 1.807) is 0 Å². The first-order chi connectivity index (χ1) is 11.0. The highest BCUT2D eigenvalue weighted by molar-refractivity contribution is 7.99. The number of carbonyl (C=O) groups excluding carboxylic acids is 1. The number of rotatable bonds is 6. The van der Waals surface area contributed by atoms with E-state index < -0.39 is 0 Å². The Morgan fingerprint density at radius 3 is 2.57 bits per heavy atom. The fraction of sp³-hybridized carbons (Fsp3) is 0.353.